The van der Waals surface area contributed by atoms with Crippen molar-refractivity contribution in [1.29, 1.82) is 0 Å². The van der Waals surface area contributed by atoms with Gasteiger partial charge in [-0.25, -0.2) is 4.98 Å². The van der Waals surface area contributed by atoms with E-state index in [1.165, 1.54) is 64.4 Å². The van der Waals surface area contributed by atoms with Gasteiger partial charge in [-0.3, -0.25) is 4.90 Å². The van der Waals surface area contributed by atoms with Crippen molar-refractivity contribution in [3.05, 3.63) is 23.9 Å². The number of pyridine rings is 1. The van der Waals surface area contributed by atoms with Gasteiger partial charge in [0, 0.05) is 12.7 Å². The van der Waals surface area contributed by atoms with E-state index >= 15 is 0 Å². The Balaban J connectivity index is 1.51. The Hall–Kier alpha value is -1.26. The van der Waals surface area contributed by atoms with Crippen LogP contribution in [-0.4, -0.2) is 17.8 Å². The summed E-state index contributed by atoms with van der Waals surface area (Å²) in [5.74, 6) is 3.17. The van der Waals surface area contributed by atoms with Crippen LogP contribution in [-0.2, 0) is 0 Å². The van der Waals surface area contributed by atoms with E-state index in [-0.39, 0.29) is 12.4 Å². The zero-order valence-electron chi connectivity index (χ0n) is 17.3. The Kier molecular flexibility index (Phi) is 7.27. The van der Waals surface area contributed by atoms with E-state index in [4.69, 9.17) is 0 Å². The van der Waals surface area contributed by atoms with E-state index in [1.807, 2.05) is 6.07 Å². The van der Waals surface area contributed by atoms with Crippen molar-refractivity contribution in [2.24, 2.45) is 17.8 Å². The average molecular weight is 397 g/mol. The van der Waals surface area contributed by atoms with Gasteiger partial charge in [0.1, 0.15) is 5.82 Å². The predicted molar refractivity (Wildman–Crippen MR) is 108 cm³/mol. The van der Waals surface area contributed by atoms with Gasteiger partial charge in [0.05, 0.1) is 0 Å². The molecule has 1 heterocycles. The Morgan fingerprint density at radius 1 is 0.929 bits per heavy atom. The van der Waals surface area contributed by atoms with Crippen molar-refractivity contribution in [3.8, 4) is 0 Å². The van der Waals surface area contributed by atoms with Gasteiger partial charge in [-0.15, -0.1) is 0 Å². The lowest BCUT2D eigenvalue weighted by molar-refractivity contribution is -0.129. The number of anilines is 1. The maximum atomic E-state index is 13.0. The predicted octanol–water partition coefficient (Wildman–Crippen LogP) is 7.31. The molecule has 0 aliphatic heterocycles. The summed E-state index contributed by atoms with van der Waals surface area (Å²) < 4.78 is 39.1. The maximum absolute atomic E-state index is 13.0. The Labute approximate surface area is 167 Å². The highest BCUT2D eigenvalue weighted by Gasteiger charge is 2.37. The summed E-state index contributed by atoms with van der Waals surface area (Å²) in [5.41, 5.74) is 1.10. The number of alkyl halides is 3. The number of rotatable bonds is 6. The van der Waals surface area contributed by atoms with Gasteiger partial charge >= 0.3 is 6.30 Å². The fourth-order valence-electron chi connectivity index (χ4n) is 5.55. The lowest BCUT2D eigenvalue weighted by Crippen LogP contribution is -2.38. The third kappa shape index (κ3) is 5.21. The summed E-state index contributed by atoms with van der Waals surface area (Å²) in [6, 6.07) is 3.39. The molecule has 3 rings (SSSR count). The van der Waals surface area contributed by atoms with Gasteiger partial charge in [-0.1, -0.05) is 38.7 Å². The molecule has 158 valence electrons. The molecule has 2 nitrogen and oxygen atoms in total. The molecule has 0 amide bonds. The van der Waals surface area contributed by atoms with Crippen LogP contribution in [0.2, 0.25) is 0 Å². The van der Waals surface area contributed by atoms with Crippen molar-refractivity contribution < 1.29 is 13.2 Å². The quantitative estimate of drug-likeness (QED) is 0.469. The number of hydrogen-bond acceptors (Lipinski definition) is 2. The molecule has 0 bridgehead atoms. The highest BCUT2D eigenvalue weighted by atomic mass is 19.4. The summed E-state index contributed by atoms with van der Waals surface area (Å²) >= 11 is 0. The fourth-order valence-corrected chi connectivity index (χ4v) is 5.55. The first-order valence-electron chi connectivity index (χ1n) is 11.2. The number of halogens is 3. The smallest absolute Gasteiger partial charge is 0.268 e. The van der Waals surface area contributed by atoms with Crippen molar-refractivity contribution >= 4 is 5.82 Å². The minimum Gasteiger partial charge on any atom is -0.268 e. The molecule has 0 N–H and O–H groups in total. The first-order valence-corrected chi connectivity index (χ1v) is 11.2. The molecule has 2 saturated carbocycles. The monoisotopic (exact) mass is 396 g/mol. The molecular formula is C23H35F3N2. The highest BCUT2D eigenvalue weighted by molar-refractivity contribution is 5.40. The summed E-state index contributed by atoms with van der Waals surface area (Å²) in [7, 11) is 0. The third-order valence-corrected chi connectivity index (χ3v) is 7.17. The minimum absolute atomic E-state index is 0.00345. The second-order valence-corrected chi connectivity index (χ2v) is 8.84. The molecule has 1 aromatic rings. The van der Waals surface area contributed by atoms with E-state index in [2.05, 4.69) is 11.9 Å². The van der Waals surface area contributed by atoms with E-state index in [1.54, 1.807) is 6.20 Å². The number of hydrogen-bond donors (Lipinski definition) is 0. The average Bonchev–Trinajstić information content (AvgIpc) is 2.69. The Bertz CT molecular complexity index is 583. The zero-order valence-corrected chi connectivity index (χ0v) is 17.3. The van der Waals surface area contributed by atoms with Crippen LogP contribution in [0.1, 0.15) is 89.5 Å². The number of aromatic nitrogens is 1. The minimum atomic E-state index is -4.38. The second kappa shape index (κ2) is 9.49. The van der Waals surface area contributed by atoms with Gasteiger partial charge in [-0.05, 0) is 80.8 Å². The molecule has 0 unspecified atom stereocenters. The Morgan fingerprint density at radius 2 is 1.54 bits per heavy atom. The molecule has 5 heteroatoms. The maximum Gasteiger partial charge on any atom is 0.486 e. The Morgan fingerprint density at radius 3 is 2.00 bits per heavy atom. The second-order valence-electron chi connectivity index (χ2n) is 8.84. The fraction of sp³-hybridized carbons (Fsp3) is 0.783. The van der Waals surface area contributed by atoms with Gasteiger partial charge < -0.3 is 0 Å². The topological polar surface area (TPSA) is 16.1 Å². The van der Waals surface area contributed by atoms with Gasteiger partial charge in [0.25, 0.3) is 0 Å². The van der Waals surface area contributed by atoms with E-state index in [0.717, 1.165) is 36.2 Å². The van der Waals surface area contributed by atoms with Crippen LogP contribution in [0, 0.1) is 17.8 Å². The van der Waals surface area contributed by atoms with Crippen molar-refractivity contribution in [2.45, 2.75) is 90.3 Å². The van der Waals surface area contributed by atoms with Crippen LogP contribution in [0.3, 0.4) is 0 Å². The molecule has 1 aromatic heterocycles. The molecule has 0 spiro atoms. The molecule has 28 heavy (non-hydrogen) atoms. The van der Waals surface area contributed by atoms with Crippen molar-refractivity contribution in [1.82, 2.24) is 4.98 Å². The summed E-state index contributed by atoms with van der Waals surface area (Å²) in [6.07, 6.45) is 10.5. The molecule has 2 aliphatic carbocycles. The first kappa shape index (κ1) is 21.4. The van der Waals surface area contributed by atoms with Crippen LogP contribution in [0.15, 0.2) is 18.3 Å². The third-order valence-electron chi connectivity index (χ3n) is 7.17. The largest absolute Gasteiger partial charge is 0.486 e. The number of nitrogens with zero attached hydrogens (tertiary/aromatic N) is 2. The molecule has 0 atom stereocenters. The SMILES string of the molecule is CCCC1CCC(C2CCC(c3ccc(N(CC)C(F)(F)F)nc3)CC2)CC1. The van der Waals surface area contributed by atoms with E-state index in [9.17, 15) is 13.2 Å². The van der Waals surface area contributed by atoms with Crippen LogP contribution >= 0.6 is 0 Å². The van der Waals surface area contributed by atoms with Crippen LogP contribution in [0.5, 0.6) is 0 Å². The van der Waals surface area contributed by atoms with Gasteiger partial charge in [-0.2, -0.15) is 13.2 Å². The molecule has 2 aliphatic rings. The molecule has 0 aromatic carbocycles. The standard InChI is InChI=1S/C23H35F3N2/c1-3-5-17-6-8-18(9-7-17)19-10-12-20(13-11-19)21-14-15-22(27-16-21)28(4-2)23(24,25)26/h14-20H,3-13H2,1-2H3. The molecule has 0 radical (unpaired) electrons. The van der Waals surface area contributed by atoms with Crippen molar-refractivity contribution in [3.63, 3.8) is 0 Å². The van der Waals surface area contributed by atoms with Crippen LogP contribution in [0.25, 0.3) is 0 Å². The van der Waals surface area contributed by atoms with Gasteiger partial charge in [0.15, 0.2) is 0 Å². The lowest BCUT2D eigenvalue weighted by Gasteiger charge is -2.38. The summed E-state index contributed by atoms with van der Waals surface area (Å²) in [4.78, 5) is 4.52. The summed E-state index contributed by atoms with van der Waals surface area (Å²) in [5, 5.41) is 0. The molecular weight excluding hydrogens is 361 g/mol. The van der Waals surface area contributed by atoms with E-state index in [0.29, 0.717) is 10.8 Å². The molecule has 0 saturated heterocycles. The van der Waals surface area contributed by atoms with Crippen LogP contribution < -0.4 is 4.90 Å². The van der Waals surface area contributed by atoms with E-state index < -0.39 is 6.30 Å². The van der Waals surface area contributed by atoms with Gasteiger partial charge in [0.2, 0.25) is 0 Å². The normalized spacial score (nSPS) is 28.9. The summed E-state index contributed by atoms with van der Waals surface area (Å²) in [6.45, 7) is 3.67. The molecule has 2 fully saturated rings. The van der Waals surface area contributed by atoms with Crippen LogP contribution in [0.4, 0.5) is 19.0 Å². The first-order chi connectivity index (χ1) is 13.4. The lowest BCUT2D eigenvalue weighted by atomic mass is 9.68. The highest BCUT2D eigenvalue weighted by Crippen LogP contribution is 2.44. The zero-order chi connectivity index (χ0) is 20.1. The van der Waals surface area contributed by atoms with Crippen molar-refractivity contribution in [2.75, 3.05) is 11.4 Å².